The van der Waals surface area contributed by atoms with Crippen molar-refractivity contribution in [1.82, 2.24) is 4.37 Å². The van der Waals surface area contributed by atoms with Crippen molar-refractivity contribution in [3.05, 3.63) is 0 Å². The molecule has 0 fully saturated rings. The van der Waals surface area contributed by atoms with E-state index in [0.29, 0.717) is 18.1 Å². The van der Waals surface area contributed by atoms with E-state index < -0.39 is 0 Å². The van der Waals surface area contributed by atoms with Gasteiger partial charge in [-0.15, -0.1) is 0 Å². The molecule has 0 radical (unpaired) electrons. The van der Waals surface area contributed by atoms with Gasteiger partial charge in [0.2, 0.25) is 0 Å². The summed E-state index contributed by atoms with van der Waals surface area (Å²) in [5.74, 6) is 0.973. The molecule has 0 aromatic carbocycles. The molecule has 0 amide bonds. The molecule has 4 N–H and O–H groups in total. The van der Waals surface area contributed by atoms with Crippen molar-refractivity contribution in [3.63, 3.8) is 0 Å². The van der Waals surface area contributed by atoms with Gasteiger partial charge in [-0.3, -0.25) is 0 Å². The largest absolute Gasteiger partial charge is 0.490 e. The fourth-order valence-electron chi connectivity index (χ4n) is 0.979. The van der Waals surface area contributed by atoms with Crippen LogP contribution in [0, 0.1) is 5.41 Å². The maximum Gasteiger partial charge on any atom is 0.197 e. The van der Waals surface area contributed by atoms with Crippen molar-refractivity contribution in [2.75, 3.05) is 31.3 Å². The zero-order valence-corrected chi connectivity index (χ0v) is 10.0. The summed E-state index contributed by atoms with van der Waals surface area (Å²) in [5.41, 5.74) is 5.43. The Hall–Kier alpha value is -1.01. The van der Waals surface area contributed by atoms with Gasteiger partial charge in [-0.25, -0.2) is 0 Å². The van der Waals surface area contributed by atoms with Crippen molar-refractivity contribution in [1.29, 1.82) is 0 Å². The maximum absolute atomic E-state index is 9.10. The lowest BCUT2D eigenvalue weighted by Gasteiger charge is -2.21. The number of nitrogens with two attached hydrogens (primary N) is 1. The molecule has 5 nitrogen and oxygen atoms in total. The average Bonchev–Trinajstić information content (AvgIpc) is 2.56. The quantitative estimate of drug-likeness (QED) is 0.708. The highest BCUT2D eigenvalue weighted by Gasteiger charge is 2.18. The molecule has 0 aliphatic carbocycles. The zero-order valence-electron chi connectivity index (χ0n) is 9.20. The fraction of sp³-hybridized carbons (Fsp3) is 0.667. The van der Waals surface area contributed by atoms with Crippen LogP contribution in [0.5, 0.6) is 5.75 Å². The van der Waals surface area contributed by atoms with Crippen LogP contribution in [0.1, 0.15) is 13.8 Å². The SMILES string of the molecule is COc1c(N)nsc1NCC(C)(C)CO. The fourth-order valence-corrected chi connectivity index (χ4v) is 1.66. The van der Waals surface area contributed by atoms with Gasteiger partial charge in [-0.1, -0.05) is 13.8 Å². The predicted molar refractivity (Wildman–Crippen MR) is 62.4 cm³/mol. The maximum atomic E-state index is 9.10. The van der Waals surface area contributed by atoms with Crippen molar-refractivity contribution < 1.29 is 9.84 Å². The molecule has 0 aliphatic rings. The standard InChI is InChI=1S/C9H17N3O2S/c1-9(2,5-13)4-11-8-6(14-3)7(10)12-15-8/h11,13H,4-5H2,1-3H3,(H2,10,12). The Kier molecular flexibility index (Phi) is 3.76. The van der Waals surface area contributed by atoms with Gasteiger partial charge in [-0.2, -0.15) is 4.37 Å². The number of aromatic nitrogens is 1. The van der Waals surface area contributed by atoms with Gasteiger partial charge >= 0.3 is 0 Å². The first-order valence-electron chi connectivity index (χ1n) is 4.64. The molecule has 1 rings (SSSR count). The van der Waals surface area contributed by atoms with E-state index in [2.05, 4.69) is 9.69 Å². The number of rotatable bonds is 5. The lowest BCUT2D eigenvalue weighted by molar-refractivity contribution is 0.171. The first-order chi connectivity index (χ1) is 7.00. The number of nitrogen functional groups attached to an aromatic ring is 1. The molecule has 0 spiro atoms. The third kappa shape index (κ3) is 2.97. The minimum atomic E-state index is -0.177. The highest BCUT2D eigenvalue weighted by Crippen LogP contribution is 2.35. The Balaban J connectivity index is 2.65. The topological polar surface area (TPSA) is 80.4 Å². The Morgan fingerprint density at radius 3 is 2.80 bits per heavy atom. The van der Waals surface area contributed by atoms with Gasteiger partial charge < -0.3 is 20.9 Å². The van der Waals surface area contributed by atoms with Crippen LogP contribution in [-0.2, 0) is 0 Å². The molecule has 0 atom stereocenters. The molecular formula is C9H17N3O2S. The van der Waals surface area contributed by atoms with Crippen LogP contribution in [0.15, 0.2) is 0 Å². The average molecular weight is 231 g/mol. The molecule has 0 saturated carbocycles. The summed E-state index contributed by atoms with van der Waals surface area (Å²) in [6.45, 7) is 4.70. The van der Waals surface area contributed by atoms with E-state index in [-0.39, 0.29) is 12.0 Å². The molecule has 1 heterocycles. The summed E-state index contributed by atoms with van der Waals surface area (Å²) in [6.07, 6.45) is 0. The Morgan fingerprint density at radius 1 is 1.60 bits per heavy atom. The lowest BCUT2D eigenvalue weighted by atomic mass is 9.95. The van der Waals surface area contributed by atoms with Gasteiger partial charge in [-0.05, 0) is 11.5 Å². The van der Waals surface area contributed by atoms with Crippen LogP contribution in [0.4, 0.5) is 10.8 Å². The van der Waals surface area contributed by atoms with E-state index in [1.165, 1.54) is 11.5 Å². The summed E-state index contributed by atoms with van der Waals surface area (Å²) in [6, 6.07) is 0. The molecular weight excluding hydrogens is 214 g/mol. The molecule has 0 aliphatic heterocycles. The van der Waals surface area contributed by atoms with E-state index in [1.54, 1.807) is 7.11 Å². The highest BCUT2D eigenvalue weighted by atomic mass is 32.1. The van der Waals surface area contributed by atoms with Crippen molar-refractivity contribution in [2.45, 2.75) is 13.8 Å². The van der Waals surface area contributed by atoms with E-state index in [0.717, 1.165) is 5.00 Å². The van der Waals surface area contributed by atoms with Crippen LogP contribution in [0.2, 0.25) is 0 Å². The summed E-state index contributed by atoms with van der Waals surface area (Å²) in [7, 11) is 1.56. The third-order valence-electron chi connectivity index (χ3n) is 2.03. The number of ether oxygens (including phenoxy) is 1. The minimum absolute atomic E-state index is 0.122. The number of methoxy groups -OCH3 is 1. The molecule has 0 saturated heterocycles. The Bertz CT molecular complexity index is 325. The monoisotopic (exact) mass is 231 g/mol. The van der Waals surface area contributed by atoms with Crippen molar-refractivity contribution >= 4 is 22.4 Å². The highest BCUT2D eigenvalue weighted by molar-refractivity contribution is 7.11. The van der Waals surface area contributed by atoms with Crippen LogP contribution >= 0.6 is 11.5 Å². The lowest BCUT2D eigenvalue weighted by Crippen LogP contribution is -2.26. The number of hydrogen-bond acceptors (Lipinski definition) is 6. The number of hydrogen-bond donors (Lipinski definition) is 3. The van der Waals surface area contributed by atoms with Gasteiger partial charge in [0, 0.05) is 18.6 Å². The smallest absolute Gasteiger partial charge is 0.197 e. The molecule has 0 bridgehead atoms. The van der Waals surface area contributed by atoms with E-state index in [1.807, 2.05) is 13.8 Å². The normalized spacial score (nSPS) is 11.5. The second kappa shape index (κ2) is 4.67. The minimum Gasteiger partial charge on any atom is -0.490 e. The summed E-state index contributed by atoms with van der Waals surface area (Å²) in [5, 5.41) is 13.1. The molecule has 6 heteroatoms. The molecule has 86 valence electrons. The number of anilines is 2. The van der Waals surface area contributed by atoms with Crippen molar-refractivity contribution in [2.24, 2.45) is 5.41 Å². The number of aliphatic hydroxyl groups excluding tert-OH is 1. The van der Waals surface area contributed by atoms with Gasteiger partial charge in [0.1, 0.15) is 0 Å². The van der Waals surface area contributed by atoms with Crippen LogP contribution in [-0.4, -0.2) is 29.7 Å². The predicted octanol–water partition coefficient (Wildman–Crippen LogP) is 1.16. The number of nitrogens with zero attached hydrogens (tertiary/aromatic N) is 1. The van der Waals surface area contributed by atoms with Gasteiger partial charge in [0.15, 0.2) is 16.6 Å². The van der Waals surface area contributed by atoms with E-state index >= 15 is 0 Å². The second-order valence-corrected chi connectivity index (χ2v) is 4.88. The number of aliphatic hydroxyl groups is 1. The van der Waals surface area contributed by atoms with E-state index in [9.17, 15) is 0 Å². The van der Waals surface area contributed by atoms with Gasteiger partial charge in [0.05, 0.1) is 7.11 Å². The summed E-state index contributed by atoms with van der Waals surface area (Å²) >= 11 is 1.26. The van der Waals surface area contributed by atoms with Gasteiger partial charge in [0.25, 0.3) is 0 Å². The summed E-state index contributed by atoms with van der Waals surface area (Å²) < 4.78 is 9.10. The van der Waals surface area contributed by atoms with Crippen LogP contribution < -0.4 is 15.8 Å². The molecule has 15 heavy (non-hydrogen) atoms. The molecule has 1 aromatic heterocycles. The Labute approximate surface area is 93.4 Å². The Morgan fingerprint density at radius 2 is 2.27 bits per heavy atom. The van der Waals surface area contributed by atoms with E-state index in [4.69, 9.17) is 15.6 Å². The van der Waals surface area contributed by atoms with Crippen molar-refractivity contribution in [3.8, 4) is 5.75 Å². The van der Waals surface area contributed by atoms with Crippen LogP contribution in [0.3, 0.4) is 0 Å². The molecule has 1 aromatic rings. The zero-order chi connectivity index (χ0) is 11.5. The first kappa shape index (κ1) is 12.1. The summed E-state index contributed by atoms with van der Waals surface area (Å²) in [4.78, 5) is 0. The third-order valence-corrected chi connectivity index (χ3v) is 2.83. The molecule has 0 unspecified atom stereocenters. The number of nitrogens with one attached hydrogen (secondary N) is 1. The van der Waals surface area contributed by atoms with Crippen LogP contribution in [0.25, 0.3) is 0 Å². The first-order valence-corrected chi connectivity index (χ1v) is 5.41. The second-order valence-electron chi connectivity index (χ2n) is 4.11.